The highest BCUT2D eigenvalue weighted by Crippen LogP contribution is 2.50. The van der Waals surface area contributed by atoms with Gasteiger partial charge in [0.25, 0.3) is 0 Å². The molecule has 1 aliphatic rings. The van der Waals surface area contributed by atoms with Crippen LogP contribution < -0.4 is 5.73 Å². The molecule has 3 N–H and O–H groups in total. The molecule has 2 amide bonds. The third kappa shape index (κ3) is 5.24. The van der Waals surface area contributed by atoms with Gasteiger partial charge in [0, 0.05) is 18.0 Å². The highest BCUT2D eigenvalue weighted by atomic mass is 16.3. The molecule has 0 aliphatic carbocycles. The Morgan fingerprint density at radius 2 is 1.31 bits per heavy atom. The molecule has 198 valence electrons. The summed E-state index contributed by atoms with van der Waals surface area (Å²) in [5.74, 6) is 0.119. The van der Waals surface area contributed by atoms with Gasteiger partial charge < -0.3 is 15.7 Å². The SMILES string of the molecule is CC(=O)N1C(C)(C)CC(C(C)C(C)(C(N)=O)c2cc(C(C)(C)C)c(O)c(C(C)(C)C)c2)CC1(C)C. The Labute approximate surface area is 213 Å². The van der Waals surface area contributed by atoms with Gasteiger partial charge in [0.1, 0.15) is 5.75 Å². The van der Waals surface area contributed by atoms with E-state index < -0.39 is 5.41 Å². The third-order valence-corrected chi connectivity index (χ3v) is 8.50. The molecule has 1 aromatic rings. The summed E-state index contributed by atoms with van der Waals surface area (Å²) in [6.07, 6.45) is 1.58. The van der Waals surface area contributed by atoms with Gasteiger partial charge in [0.2, 0.25) is 11.8 Å². The summed E-state index contributed by atoms with van der Waals surface area (Å²) in [6, 6.07) is 3.99. The van der Waals surface area contributed by atoms with Crippen molar-refractivity contribution in [2.75, 3.05) is 0 Å². The maximum Gasteiger partial charge on any atom is 0.228 e. The Bertz CT molecular complexity index is 941. The molecule has 1 fully saturated rings. The number of phenolic OH excluding ortho intramolecular Hbond substituents is 1. The number of amides is 2. The molecular formula is C30H50N2O3. The van der Waals surface area contributed by atoms with Crippen LogP contribution in [0.15, 0.2) is 12.1 Å². The fourth-order valence-corrected chi connectivity index (χ4v) is 6.74. The summed E-state index contributed by atoms with van der Waals surface area (Å²) in [7, 11) is 0. The molecular weight excluding hydrogens is 436 g/mol. The van der Waals surface area contributed by atoms with Gasteiger partial charge in [-0.25, -0.2) is 0 Å². The van der Waals surface area contributed by atoms with Crippen LogP contribution in [0.5, 0.6) is 5.75 Å². The van der Waals surface area contributed by atoms with E-state index in [1.165, 1.54) is 0 Å². The summed E-state index contributed by atoms with van der Waals surface area (Å²) < 4.78 is 0. The zero-order valence-corrected chi connectivity index (χ0v) is 24.5. The molecule has 0 aromatic heterocycles. The maximum atomic E-state index is 13.3. The van der Waals surface area contributed by atoms with Crippen molar-refractivity contribution in [1.82, 2.24) is 4.90 Å². The Hall–Kier alpha value is -2.04. The lowest BCUT2D eigenvalue weighted by Crippen LogP contribution is -2.64. The standard InChI is InChI=1S/C30H50N2O3/c1-18(20-16-28(9,10)32(19(2)33)29(11,12)17-20)30(13,25(31)35)21-14-22(26(3,4)5)24(34)23(15-21)27(6,7)8/h14-15,18,20,34H,16-17H2,1-13H3,(H2,31,35). The topological polar surface area (TPSA) is 83.6 Å². The molecule has 5 heteroatoms. The number of aromatic hydroxyl groups is 1. The average molecular weight is 487 g/mol. The van der Waals surface area contributed by atoms with E-state index in [1.807, 2.05) is 24.0 Å². The number of rotatable bonds is 4. The number of hydrogen-bond donors (Lipinski definition) is 2. The first kappa shape index (κ1) is 29.2. The fourth-order valence-electron chi connectivity index (χ4n) is 6.74. The van der Waals surface area contributed by atoms with Crippen molar-refractivity contribution in [3.05, 3.63) is 28.8 Å². The molecule has 0 radical (unpaired) electrons. The largest absolute Gasteiger partial charge is 0.507 e. The summed E-state index contributed by atoms with van der Waals surface area (Å²) in [6.45, 7) is 26.7. The predicted molar refractivity (Wildman–Crippen MR) is 145 cm³/mol. The van der Waals surface area contributed by atoms with Gasteiger partial charge in [-0.15, -0.1) is 0 Å². The van der Waals surface area contributed by atoms with Crippen molar-refractivity contribution >= 4 is 11.8 Å². The number of hydrogen-bond acceptors (Lipinski definition) is 3. The fraction of sp³-hybridized carbons (Fsp3) is 0.733. The van der Waals surface area contributed by atoms with Gasteiger partial charge in [-0.05, 0) is 86.8 Å². The van der Waals surface area contributed by atoms with E-state index in [2.05, 4.69) is 76.2 Å². The van der Waals surface area contributed by atoms with Gasteiger partial charge >= 0.3 is 0 Å². The molecule has 1 aliphatic heterocycles. The number of benzene rings is 1. The van der Waals surface area contributed by atoms with E-state index in [9.17, 15) is 14.7 Å². The highest BCUT2D eigenvalue weighted by Gasteiger charge is 2.52. The van der Waals surface area contributed by atoms with E-state index in [1.54, 1.807) is 6.92 Å². The first-order valence-corrected chi connectivity index (χ1v) is 13.0. The normalized spacial score (nSPS) is 21.3. The van der Waals surface area contributed by atoms with Crippen LogP contribution in [0.4, 0.5) is 0 Å². The quantitative estimate of drug-likeness (QED) is 0.533. The second-order valence-electron chi connectivity index (χ2n) is 14.4. The van der Waals surface area contributed by atoms with Gasteiger partial charge in [0.15, 0.2) is 0 Å². The van der Waals surface area contributed by atoms with Crippen LogP contribution in [-0.2, 0) is 25.8 Å². The number of carbonyl (C=O) groups excluding carboxylic acids is 2. The van der Waals surface area contributed by atoms with E-state index in [-0.39, 0.29) is 45.6 Å². The summed E-state index contributed by atoms with van der Waals surface area (Å²) >= 11 is 0. The van der Waals surface area contributed by atoms with Crippen LogP contribution in [0.1, 0.15) is 120 Å². The zero-order chi connectivity index (χ0) is 27.5. The molecule has 35 heavy (non-hydrogen) atoms. The summed E-state index contributed by atoms with van der Waals surface area (Å²) in [5, 5.41) is 11.2. The number of primary amides is 1. The number of nitrogens with zero attached hydrogens (tertiary/aromatic N) is 1. The average Bonchev–Trinajstić information content (AvgIpc) is 2.62. The first-order chi connectivity index (χ1) is 15.5. The molecule has 2 rings (SSSR count). The molecule has 1 saturated heterocycles. The second kappa shape index (κ2) is 8.81. The monoisotopic (exact) mass is 486 g/mol. The van der Waals surface area contributed by atoms with Crippen molar-refractivity contribution < 1.29 is 14.7 Å². The van der Waals surface area contributed by atoms with E-state index in [4.69, 9.17) is 5.73 Å². The minimum atomic E-state index is -0.942. The van der Waals surface area contributed by atoms with Crippen LogP contribution in [0.3, 0.4) is 0 Å². The molecule has 2 atom stereocenters. The third-order valence-electron chi connectivity index (χ3n) is 8.50. The van der Waals surface area contributed by atoms with Gasteiger partial charge in [-0.1, -0.05) is 60.6 Å². The summed E-state index contributed by atoms with van der Waals surface area (Å²) in [4.78, 5) is 27.9. The Balaban J connectivity index is 2.74. The Kier molecular flexibility index (Phi) is 7.35. The minimum absolute atomic E-state index is 0.0714. The van der Waals surface area contributed by atoms with E-state index >= 15 is 0 Å². The molecule has 0 spiro atoms. The molecule has 5 nitrogen and oxygen atoms in total. The lowest BCUT2D eigenvalue weighted by atomic mass is 9.59. The lowest BCUT2D eigenvalue weighted by Gasteiger charge is -2.57. The highest BCUT2D eigenvalue weighted by molar-refractivity contribution is 5.87. The van der Waals surface area contributed by atoms with Crippen molar-refractivity contribution in [3.63, 3.8) is 0 Å². The summed E-state index contributed by atoms with van der Waals surface area (Å²) in [5.41, 5.74) is 6.48. The Morgan fingerprint density at radius 1 is 0.943 bits per heavy atom. The first-order valence-electron chi connectivity index (χ1n) is 13.0. The van der Waals surface area contributed by atoms with E-state index in [0.29, 0.717) is 5.75 Å². The molecule has 0 bridgehead atoms. The molecule has 1 heterocycles. The van der Waals surface area contributed by atoms with Gasteiger partial charge in [-0.2, -0.15) is 0 Å². The van der Waals surface area contributed by atoms with Crippen molar-refractivity contribution in [2.24, 2.45) is 17.6 Å². The smallest absolute Gasteiger partial charge is 0.228 e. The molecule has 1 aromatic carbocycles. The zero-order valence-electron chi connectivity index (χ0n) is 24.5. The predicted octanol–water partition coefficient (Wildman–Crippen LogP) is 6.18. The molecule has 2 unspecified atom stereocenters. The van der Waals surface area contributed by atoms with Gasteiger partial charge in [0.05, 0.1) is 5.41 Å². The van der Waals surface area contributed by atoms with Gasteiger partial charge in [-0.3, -0.25) is 9.59 Å². The minimum Gasteiger partial charge on any atom is -0.507 e. The van der Waals surface area contributed by atoms with Crippen LogP contribution in [0.2, 0.25) is 0 Å². The van der Waals surface area contributed by atoms with Crippen molar-refractivity contribution in [2.45, 2.75) is 130 Å². The van der Waals surface area contributed by atoms with Crippen LogP contribution in [0.25, 0.3) is 0 Å². The second-order valence-corrected chi connectivity index (χ2v) is 14.4. The van der Waals surface area contributed by atoms with Crippen molar-refractivity contribution in [3.8, 4) is 5.75 Å². The lowest BCUT2D eigenvalue weighted by molar-refractivity contribution is -0.152. The van der Waals surface area contributed by atoms with Crippen LogP contribution in [-0.4, -0.2) is 32.9 Å². The number of phenols is 1. The number of carbonyl (C=O) groups is 2. The number of nitrogens with two attached hydrogens (primary N) is 1. The van der Waals surface area contributed by atoms with E-state index in [0.717, 1.165) is 29.5 Å². The van der Waals surface area contributed by atoms with Crippen LogP contribution in [0, 0.1) is 11.8 Å². The number of likely N-dealkylation sites (tertiary alicyclic amines) is 1. The van der Waals surface area contributed by atoms with Crippen LogP contribution >= 0.6 is 0 Å². The Morgan fingerprint density at radius 3 is 1.60 bits per heavy atom. The van der Waals surface area contributed by atoms with Crippen molar-refractivity contribution in [1.29, 1.82) is 0 Å². The number of piperidine rings is 1. The maximum absolute atomic E-state index is 13.3. The molecule has 0 saturated carbocycles.